The molecule has 25 heavy (non-hydrogen) atoms. The summed E-state index contributed by atoms with van der Waals surface area (Å²) in [4.78, 5) is 16.7. The van der Waals surface area contributed by atoms with Crippen LogP contribution in [0.4, 0.5) is 5.69 Å². The molecule has 0 spiro atoms. The number of nitrogens with one attached hydrogen (secondary N) is 2. The van der Waals surface area contributed by atoms with E-state index >= 15 is 0 Å². The van der Waals surface area contributed by atoms with E-state index in [-0.39, 0.29) is 28.7 Å². The number of amides is 1. The summed E-state index contributed by atoms with van der Waals surface area (Å²) in [7, 11) is -2.93. The highest BCUT2D eigenvalue weighted by molar-refractivity contribution is 8.15. The first-order chi connectivity index (χ1) is 12.0. The maximum Gasteiger partial charge on any atom is 0.251 e. The number of benzene rings is 1. The molecule has 2 aliphatic heterocycles. The Morgan fingerprint density at radius 2 is 1.84 bits per heavy atom. The summed E-state index contributed by atoms with van der Waals surface area (Å²) in [5.74, 6) is 0.332. The van der Waals surface area contributed by atoms with E-state index in [9.17, 15) is 13.2 Å². The lowest BCUT2D eigenvalue weighted by Crippen LogP contribution is -2.32. The van der Waals surface area contributed by atoms with Gasteiger partial charge in [-0.25, -0.2) is 8.42 Å². The van der Waals surface area contributed by atoms with Gasteiger partial charge in [-0.05, 0) is 37.1 Å². The monoisotopic (exact) mass is 379 g/mol. The Morgan fingerprint density at radius 3 is 2.52 bits per heavy atom. The Kier molecular flexibility index (Phi) is 4.49. The molecule has 4 rings (SSSR count). The summed E-state index contributed by atoms with van der Waals surface area (Å²) >= 11 is 1.49. The van der Waals surface area contributed by atoms with E-state index in [4.69, 9.17) is 0 Å². The average molecular weight is 380 g/mol. The van der Waals surface area contributed by atoms with Crippen molar-refractivity contribution in [2.45, 2.75) is 43.0 Å². The van der Waals surface area contributed by atoms with E-state index in [1.165, 1.54) is 24.6 Å². The second-order valence-electron chi connectivity index (χ2n) is 6.89. The molecule has 3 aliphatic rings. The van der Waals surface area contributed by atoms with Crippen molar-refractivity contribution < 1.29 is 13.2 Å². The van der Waals surface area contributed by atoms with Gasteiger partial charge in [0.2, 0.25) is 0 Å². The van der Waals surface area contributed by atoms with Crippen LogP contribution in [0.15, 0.2) is 29.3 Å². The van der Waals surface area contributed by atoms with Gasteiger partial charge in [0.15, 0.2) is 15.0 Å². The van der Waals surface area contributed by atoms with Gasteiger partial charge >= 0.3 is 0 Å². The predicted octanol–water partition coefficient (Wildman–Crippen LogP) is 2.04. The Bertz CT molecular complexity index is 799. The zero-order valence-corrected chi connectivity index (χ0v) is 15.4. The molecule has 0 aromatic heterocycles. The lowest BCUT2D eigenvalue weighted by molar-refractivity contribution is 0.0938. The Labute approximate surface area is 151 Å². The average Bonchev–Trinajstić information content (AvgIpc) is 3.23. The third-order valence-corrected chi connectivity index (χ3v) is 8.05. The topological polar surface area (TPSA) is 87.6 Å². The molecule has 2 fully saturated rings. The van der Waals surface area contributed by atoms with Gasteiger partial charge in [0.05, 0.1) is 17.5 Å². The van der Waals surface area contributed by atoms with Gasteiger partial charge in [0.25, 0.3) is 5.91 Å². The smallest absolute Gasteiger partial charge is 0.251 e. The fourth-order valence-electron chi connectivity index (χ4n) is 3.58. The van der Waals surface area contributed by atoms with E-state index in [0.29, 0.717) is 11.6 Å². The van der Waals surface area contributed by atoms with Crippen LogP contribution in [0.2, 0.25) is 0 Å². The van der Waals surface area contributed by atoms with Crippen LogP contribution in [0.5, 0.6) is 0 Å². The molecule has 1 aromatic carbocycles. The molecule has 0 bridgehead atoms. The second kappa shape index (κ2) is 6.64. The third kappa shape index (κ3) is 3.84. The van der Waals surface area contributed by atoms with Crippen molar-refractivity contribution in [3.8, 4) is 0 Å². The Balaban J connectivity index is 1.36. The highest BCUT2D eigenvalue weighted by Gasteiger charge is 2.42. The maximum atomic E-state index is 12.2. The van der Waals surface area contributed by atoms with E-state index in [1.807, 2.05) is 12.1 Å². The number of thioether (sulfide) groups is 1. The van der Waals surface area contributed by atoms with E-state index in [1.54, 1.807) is 12.1 Å². The van der Waals surface area contributed by atoms with Gasteiger partial charge in [0, 0.05) is 22.5 Å². The van der Waals surface area contributed by atoms with Gasteiger partial charge in [-0.2, -0.15) is 0 Å². The molecule has 2 N–H and O–H groups in total. The van der Waals surface area contributed by atoms with Crippen LogP contribution in [0.1, 0.15) is 36.0 Å². The predicted molar refractivity (Wildman–Crippen MR) is 101 cm³/mol. The molecule has 134 valence electrons. The first kappa shape index (κ1) is 16.9. The van der Waals surface area contributed by atoms with Gasteiger partial charge in [-0.1, -0.05) is 24.6 Å². The molecule has 0 unspecified atom stereocenters. The van der Waals surface area contributed by atoms with Gasteiger partial charge in [-0.15, -0.1) is 0 Å². The van der Waals surface area contributed by atoms with Crippen LogP contribution in [0.25, 0.3) is 0 Å². The highest BCUT2D eigenvalue weighted by atomic mass is 32.2. The molecule has 2 atom stereocenters. The first-order valence-electron chi connectivity index (χ1n) is 8.61. The molecule has 1 saturated carbocycles. The molecule has 1 saturated heterocycles. The lowest BCUT2D eigenvalue weighted by atomic mass is 10.1. The van der Waals surface area contributed by atoms with Crippen molar-refractivity contribution in [3.05, 3.63) is 29.8 Å². The number of anilines is 1. The van der Waals surface area contributed by atoms with Crippen molar-refractivity contribution in [2.75, 3.05) is 16.8 Å². The van der Waals surface area contributed by atoms with Crippen LogP contribution in [0, 0.1) is 0 Å². The molecular formula is C17H21N3O3S2. The molecule has 1 amide bonds. The van der Waals surface area contributed by atoms with Gasteiger partial charge in [-0.3, -0.25) is 9.79 Å². The van der Waals surface area contributed by atoms with E-state index < -0.39 is 9.84 Å². The number of nitrogens with zero attached hydrogens (tertiary/aromatic N) is 1. The second-order valence-corrected chi connectivity index (χ2v) is 10.3. The number of fused-ring (bicyclic) bond motifs is 1. The minimum Gasteiger partial charge on any atom is -0.349 e. The number of rotatable bonds is 3. The fourth-order valence-corrected chi connectivity index (χ4v) is 7.26. The van der Waals surface area contributed by atoms with Crippen LogP contribution >= 0.6 is 11.8 Å². The third-order valence-electron chi connectivity index (χ3n) is 4.91. The standard InChI is InChI=1S/C17H21N3O3S2/c21-16(18-12-3-1-2-4-12)11-5-7-13(8-6-11)19-17-20-14-9-25(22,23)10-15(14)24-17/h5-8,12,14-15H,1-4,9-10H2,(H,18,21)(H,19,20)/t14-,15-/m1/s1. The van der Waals surface area contributed by atoms with Crippen molar-refractivity contribution >= 4 is 38.4 Å². The van der Waals surface area contributed by atoms with Gasteiger partial charge in [0.1, 0.15) is 0 Å². The summed E-state index contributed by atoms with van der Waals surface area (Å²) in [5, 5.41) is 7.09. The van der Waals surface area contributed by atoms with Crippen molar-refractivity contribution in [1.29, 1.82) is 0 Å². The zero-order chi connectivity index (χ0) is 17.4. The summed E-state index contributed by atoms with van der Waals surface area (Å²) < 4.78 is 23.2. The van der Waals surface area contributed by atoms with Crippen LogP contribution < -0.4 is 10.6 Å². The number of carbonyl (C=O) groups excluding carboxylic acids is 1. The number of hydrogen-bond donors (Lipinski definition) is 2. The van der Waals surface area contributed by atoms with Crippen LogP contribution in [0.3, 0.4) is 0 Å². The van der Waals surface area contributed by atoms with E-state index in [2.05, 4.69) is 15.6 Å². The Morgan fingerprint density at radius 1 is 1.12 bits per heavy atom. The van der Waals surface area contributed by atoms with Crippen LogP contribution in [-0.4, -0.2) is 48.3 Å². The summed E-state index contributed by atoms with van der Waals surface area (Å²) in [5.41, 5.74) is 1.51. The normalized spacial score (nSPS) is 27.8. The maximum absolute atomic E-state index is 12.2. The minimum atomic E-state index is -2.93. The number of amidine groups is 1. The summed E-state index contributed by atoms with van der Waals surface area (Å²) in [6, 6.07) is 7.50. The molecule has 1 aliphatic carbocycles. The number of hydrogen-bond acceptors (Lipinski definition) is 6. The lowest BCUT2D eigenvalue weighted by Gasteiger charge is -2.12. The molecule has 2 heterocycles. The van der Waals surface area contributed by atoms with Gasteiger partial charge < -0.3 is 10.6 Å². The van der Waals surface area contributed by atoms with Crippen molar-refractivity contribution in [2.24, 2.45) is 4.99 Å². The molecule has 1 aromatic rings. The fraction of sp³-hybridized carbons (Fsp3) is 0.529. The molecule has 6 nitrogen and oxygen atoms in total. The van der Waals surface area contributed by atoms with Crippen molar-refractivity contribution in [3.63, 3.8) is 0 Å². The number of aliphatic imine (C=N–C) groups is 1. The first-order valence-corrected chi connectivity index (χ1v) is 11.3. The highest BCUT2D eigenvalue weighted by Crippen LogP contribution is 2.34. The molecule has 0 radical (unpaired) electrons. The summed E-state index contributed by atoms with van der Waals surface area (Å²) in [6.45, 7) is 0. The number of carbonyl (C=O) groups is 1. The molecule has 8 heteroatoms. The minimum absolute atomic E-state index is 0.0224. The molecular weight excluding hydrogens is 358 g/mol. The Hall–Kier alpha value is -1.54. The zero-order valence-electron chi connectivity index (χ0n) is 13.8. The van der Waals surface area contributed by atoms with E-state index in [0.717, 1.165) is 23.7 Å². The summed E-state index contributed by atoms with van der Waals surface area (Å²) in [6.07, 6.45) is 4.52. The quantitative estimate of drug-likeness (QED) is 0.839. The van der Waals surface area contributed by atoms with Crippen LogP contribution in [-0.2, 0) is 9.84 Å². The number of sulfone groups is 1. The van der Waals surface area contributed by atoms with Crippen molar-refractivity contribution in [1.82, 2.24) is 5.32 Å². The SMILES string of the molecule is O=C(NC1CCCC1)c1ccc(NC2=N[C@@H]3CS(=O)(=O)C[C@H]3S2)cc1. The largest absolute Gasteiger partial charge is 0.349 e.